The van der Waals surface area contributed by atoms with Crippen LogP contribution in [0.1, 0.15) is 50.6 Å². The molecule has 1 saturated carbocycles. The maximum absolute atomic E-state index is 13.4. The highest BCUT2D eigenvalue weighted by Gasteiger charge is 2.42. The highest BCUT2D eigenvalue weighted by Crippen LogP contribution is 2.36. The van der Waals surface area contributed by atoms with Gasteiger partial charge in [-0.1, -0.05) is 0 Å². The third-order valence-corrected chi connectivity index (χ3v) is 7.66. The first-order valence-corrected chi connectivity index (χ1v) is 11.5. The highest BCUT2D eigenvalue weighted by atomic mass is 32.2. The minimum atomic E-state index is -3.98. The zero-order valence-corrected chi connectivity index (χ0v) is 17.7. The number of carbonyl (C=O) groups excluding carboxylic acids is 2. The molecular formula is C20H28N2O6S. The summed E-state index contributed by atoms with van der Waals surface area (Å²) in [4.78, 5) is 27.1. The molecule has 0 radical (unpaired) electrons. The van der Waals surface area contributed by atoms with Crippen molar-refractivity contribution < 1.29 is 27.5 Å². The van der Waals surface area contributed by atoms with Crippen LogP contribution in [0.25, 0.3) is 0 Å². The van der Waals surface area contributed by atoms with Gasteiger partial charge in [0.25, 0.3) is 0 Å². The molecule has 0 amide bonds. The van der Waals surface area contributed by atoms with Crippen LogP contribution in [-0.2, 0) is 24.3 Å². The highest BCUT2D eigenvalue weighted by molar-refractivity contribution is 7.89. The predicted octanol–water partition coefficient (Wildman–Crippen LogP) is 2.24. The Balaban J connectivity index is 1.90. The summed E-state index contributed by atoms with van der Waals surface area (Å²) in [7, 11) is -2.72. The number of ether oxygens (including phenoxy) is 2. The number of carbonyl (C=O) groups is 2. The van der Waals surface area contributed by atoms with E-state index in [1.54, 1.807) is 13.0 Å². The Labute approximate surface area is 171 Å². The lowest BCUT2D eigenvalue weighted by Gasteiger charge is -2.25. The van der Waals surface area contributed by atoms with Gasteiger partial charge in [0.1, 0.15) is 23.3 Å². The maximum atomic E-state index is 13.4. The number of hydrogen-bond acceptors (Lipinski definition) is 7. The van der Waals surface area contributed by atoms with Crippen LogP contribution in [0.5, 0.6) is 5.88 Å². The summed E-state index contributed by atoms with van der Waals surface area (Å²) in [6.07, 6.45) is 5.64. The summed E-state index contributed by atoms with van der Waals surface area (Å²) in [5, 5.41) is 0. The Morgan fingerprint density at radius 1 is 1.28 bits per heavy atom. The quantitative estimate of drug-likeness (QED) is 0.466. The van der Waals surface area contributed by atoms with Gasteiger partial charge in [0.15, 0.2) is 0 Å². The second kappa shape index (κ2) is 9.21. The molecule has 2 fully saturated rings. The molecule has 1 aromatic heterocycles. The summed E-state index contributed by atoms with van der Waals surface area (Å²) in [6, 6.07) is 2.29. The Kier molecular flexibility index (Phi) is 6.89. The smallest absolute Gasteiger partial charge is 0.324 e. The van der Waals surface area contributed by atoms with Gasteiger partial charge in [0.2, 0.25) is 15.9 Å². The molecule has 9 heteroatoms. The van der Waals surface area contributed by atoms with Crippen molar-refractivity contribution in [2.24, 2.45) is 5.92 Å². The third-order valence-electron chi connectivity index (χ3n) is 5.74. The lowest BCUT2D eigenvalue weighted by Crippen LogP contribution is -2.41. The zero-order chi connectivity index (χ0) is 21.0. The van der Waals surface area contributed by atoms with Gasteiger partial charge in [0, 0.05) is 18.7 Å². The zero-order valence-electron chi connectivity index (χ0n) is 16.9. The molecule has 160 valence electrons. The van der Waals surface area contributed by atoms with E-state index >= 15 is 0 Å². The minimum Gasteiger partial charge on any atom is -0.473 e. The first-order chi connectivity index (χ1) is 13.9. The van der Waals surface area contributed by atoms with Crippen molar-refractivity contribution in [3.05, 3.63) is 17.8 Å². The molecule has 0 unspecified atom stereocenters. The van der Waals surface area contributed by atoms with Gasteiger partial charge in [-0.15, -0.1) is 0 Å². The van der Waals surface area contributed by atoms with Crippen LogP contribution in [0.15, 0.2) is 17.0 Å². The van der Waals surface area contributed by atoms with Gasteiger partial charge < -0.3 is 14.3 Å². The molecule has 8 nitrogen and oxygen atoms in total. The number of aldehydes is 1. The fraction of sp³-hybridized carbons (Fsp3) is 0.650. The first-order valence-electron chi connectivity index (χ1n) is 10.1. The molecule has 29 heavy (non-hydrogen) atoms. The molecule has 3 rings (SSSR count). The first kappa shape index (κ1) is 21.7. The van der Waals surface area contributed by atoms with E-state index in [0.29, 0.717) is 25.0 Å². The lowest BCUT2D eigenvalue weighted by atomic mass is 10.00. The van der Waals surface area contributed by atoms with E-state index in [-0.39, 0.29) is 29.3 Å². The van der Waals surface area contributed by atoms with E-state index in [4.69, 9.17) is 9.47 Å². The molecule has 2 aliphatic rings. The topological polar surface area (TPSA) is 103 Å². The standard InChI is InChI=1S/C20H28N2O6S/c1-14-10-11-18(29(25,26)22-12-4-8-16(22)20(24)27-2)19(21-14)28-17-9-3-6-15(17)7-5-13-23/h10-11,13,15-17H,3-9,12H2,1-2H3/t15-,16+,17-/m1/s1. The number of hydrogen-bond donors (Lipinski definition) is 0. The van der Waals surface area contributed by atoms with Crippen molar-refractivity contribution in [2.45, 2.75) is 68.9 Å². The summed E-state index contributed by atoms with van der Waals surface area (Å²) in [5.74, 6) is -0.283. The van der Waals surface area contributed by atoms with Crippen LogP contribution in [0.2, 0.25) is 0 Å². The van der Waals surface area contributed by atoms with E-state index < -0.39 is 22.0 Å². The number of aromatic nitrogens is 1. The molecular weight excluding hydrogens is 396 g/mol. The van der Waals surface area contributed by atoms with Gasteiger partial charge >= 0.3 is 5.97 Å². The van der Waals surface area contributed by atoms with Gasteiger partial charge in [0.05, 0.1) is 7.11 Å². The SMILES string of the molecule is COC(=O)[C@@H]1CCCN1S(=O)(=O)c1ccc(C)nc1O[C@@H]1CCC[C@@H]1CCC=O. The number of methoxy groups -OCH3 is 1. The molecule has 2 heterocycles. The molecule has 0 aromatic carbocycles. The third kappa shape index (κ3) is 4.61. The average molecular weight is 425 g/mol. The van der Waals surface area contributed by atoms with E-state index in [0.717, 1.165) is 32.0 Å². The van der Waals surface area contributed by atoms with Crippen molar-refractivity contribution in [3.63, 3.8) is 0 Å². The van der Waals surface area contributed by atoms with Gasteiger partial charge in [-0.25, -0.2) is 13.4 Å². The van der Waals surface area contributed by atoms with Gasteiger partial charge in [-0.3, -0.25) is 4.79 Å². The summed E-state index contributed by atoms with van der Waals surface area (Å²) >= 11 is 0. The molecule has 0 N–H and O–H groups in total. The Bertz CT molecular complexity index is 857. The average Bonchev–Trinajstić information content (AvgIpc) is 3.35. The molecule has 1 aromatic rings. The Hall–Kier alpha value is -2.00. The lowest BCUT2D eigenvalue weighted by molar-refractivity contribution is -0.144. The molecule has 0 spiro atoms. The number of esters is 1. The van der Waals surface area contributed by atoms with Crippen molar-refractivity contribution in [2.75, 3.05) is 13.7 Å². The van der Waals surface area contributed by atoms with Crippen molar-refractivity contribution >= 4 is 22.3 Å². The molecule has 1 aliphatic carbocycles. The minimum absolute atomic E-state index is 0.0278. The fourth-order valence-electron chi connectivity index (χ4n) is 4.24. The number of nitrogens with zero attached hydrogens (tertiary/aromatic N) is 2. The normalized spacial score (nSPS) is 25.1. The van der Waals surface area contributed by atoms with Crippen LogP contribution in [0.4, 0.5) is 0 Å². The van der Waals surface area contributed by atoms with Crippen LogP contribution in [0, 0.1) is 12.8 Å². The Morgan fingerprint density at radius 3 is 2.79 bits per heavy atom. The molecule has 0 bridgehead atoms. The van der Waals surface area contributed by atoms with Crippen LogP contribution in [0.3, 0.4) is 0 Å². The summed E-state index contributed by atoms with van der Waals surface area (Å²) in [6.45, 7) is 2.02. The second-order valence-electron chi connectivity index (χ2n) is 7.64. The number of rotatable bonds is 8. The van der Waals surface area contributed by atoms with E-state index in [1.165, 1.54) is 17.5 Å². The van der Waals surface area contributed by atoms with Gasteiger partial charge in [-0.2, -0.15) is 4.31 Å². The number of sulfonamides is 1. The number of pyridine rings is 1. The van der Waals surface area contributed by atoms with Crippen LogP contribution >= 0.6 is 0 Å². The van der Waals surface area contributed by atoms with Crippen molar-refractivity contribution in [3.8, 4) is 5.88 Å². The van der Waals surface area contributed by atoms with Crippen LogP contribution in [-0.4, -0.2) is 55.8 Å². The predicted molar refractivity (Wildman–Crippen MR) is 105 cm³/mol. The largest absolute Gasteiger partial charge is 0.473 e. The molecule has 3 atom stereocenters. The summed E-state index contributed by atoms with van der Waals surface area (Å²) in [5.41, 5.74) is 0.646. The molecule has 1 aliphatic heterocycles. The van der Waals surface area contributed by atoms with E-state index in [2.05, 4.69) is 4.98 Å². The number of aryl methyl sites for hydroxylation is 1. The molecule has 1 saturated heterocycles. The van der Waals surface area contributed by atoms with E-state index in [9.17, 15) is 18.0 Å². The monoisotopic (exact) mass is 424 g/mol. The summed E-state index contributed by atoms with van der Waals surface area (Å²) < 4.78 is 38.8. The fourth-order valence-corrected chi connectivity index (χ4v) is 5.94. The second-order valence-corrected chi connectivity index (χ2v) is 9.50. The Morgan fingerprint density at radius 2 is 2.07 bits per heavy atom. The van der Waals surface area contributed by atoms with Crippen LogP contribution < -0.4 is 4.74 Å². The van der Waals surface area contributed by atoms with Crippen molar-refractivity contribution in [1.82, 2.24) is 9.29 Å². The van der Waals surface area contributed by atoms with Gasteiger partial charge in [-0.05, 0) is 63.5 Å². The van der Waals surface area contributed by atoms with Crippen molar-refractivity contribution in [1.29, 1.82) is 0 Å². The van der Waals surface area contributed by atoms with E-state index in [1.807, 2.05) is 0 Å². The maximum Gasteiger partial charge on any atom is 0.324 e.